The molecule has 0 radical (unpaired) electrons. The van der Waals surface area contributed by atoms with E-state index in [9.17, 15) is 12.8 Å². The van der Waals surface area contributed by atoms with Gasteiger partial charge in [-0.1, -0.05) is 31.7 Å². The van der Waals surface area contributed by atoms with E-state index in [2.05, 4.69) is 18.5 Å². The number of nitrogens with zero attached hydrogens (tertiary/aromatic N) is 2. The summed E-state index contributed by atoms with van der Waals surface area (Å²) >= 11 is 0. The minimum Gasteiger partial charge on any atom is -0.326 e. The molecule has 142 valence electrons. The summed E-state index contributed by atoms with van der Waals surface area (Å²) in [5, 5.41) is 0. The molecular weight excluding hydrogens is 363 g/mol. The van der Waals surface area contributed by atoms with E-state index in [0.717, 1.165) is 29.8 Å². The largest absolute Gasteiger partial charge is 0.326 e. The maximum atomic E-state index is 14.0. The molecular formula is C21H23FN2O2S. The maximum Gasteiger partial charge on any atom is 0.158 e. The van der Waals surface area contributed by atoms with Gasteiger partial charge in [0, 0.05) is 23.9 Å². The van der Waals surface area contributed by atoms with E-state index in [4.69, 9.17) is 0 Å². The molecule has 0 spiro atoms. The number of sulfone groups is 1. The lowest BCUT2D eigenvalue weighted by molar-refractivity contribution is 0.586. The lowest BCUT2D eigenvalue weighted by Crippen LogP contribution is -2.25. The molecule has 0 N–H and O–H groups in total. The normalized spacial score (nSPS) is 13.7. The number of halogens is 1. The van der Waals surface area contributed by atoms with Gasteiger partial charge >= 0.3 is 0 Å². The van der Waals surface area contributed by atoms with Gasteiger partial charge in [0.05, 0.1) is 17.2 Å². The van der Waals surface area contributed by atoms with Gasteiger partial charge in [-0.25, -0.2) is 17.8 Å². The quantitative estimate of drug-likeness (QED) is 0.741. The first-order valence-corrected chi connectivity index (χ1v) is 10.7. The molecule has 2 aromatic carbocycles. The molecule has 3 rings (SSSR count). The highest BCUT2D eigenvalue weighted by Gasteiger charge is 2.20. The van der Waals surface area contributed by atoms with Crippen molar-refractivity contribution in [2.24, 2.45) is 4.99 Å². The SMILES string of the molecule is C=C1N=Cc2cc(CS(=O)(=O)Cc3ccc(C)cc3F)ccc2N1CCC. The molecule has 0 atom stereocenters. The lowest BCUT2D eigenvalue weighted by Gasteiger charge is -2.28. The van der Waals surface area contributed by atoms with Gasteiger partial charge in [0.2, 0.25) is 0 Å². The van der Waals surface area contributed by atoms with E-state index < -0.39 is 15.7 Å². The van der Waals surface area contributed by atoms with Gasteiger partial charge in [-0.05, 0) is 42.7 Å². The van der Waals surface area contributed by atoms with Crippen LogP contribution in [0.4, 0.5) is 10.1 Å². The van der Waals surface area contributed by atoms with Crippen LogP contribution < -0.4 is 4.90 Å². The minimum atomic E-state index is -3.50. The summed E-state index contributed by atoms with van der Waals surface area (Å²) in [6, 6.07) is 10.1. The van der Waals surface area contributed by atoms with Gasteiger partial charge in [-0.15, -0.1) is 0 Å². The Morgan fingerprint density at radius 1 is 1.15 bits per heavy atom. The van der Waals surface area contributed by atoms with Gasteiger partial charge < -0.3 is 4.90 Å². The van der Waals surface area contributed by atoms with Crippen molar-refractivity contribution in [2.45, 2.75) is 31.8 Å². The Labute approximate surface area is 160 Å². The average Bonchev–Trinajstić information content (AvgIpc) is 2.59. The second-order valence-corrected chi connectivity index (χ2v) is 8.91. The number of aryl methyl sites for hydroxylation is 1. The first-order chi connectivity index (χ1) is 12.8. The molecule has 27 heavy (non-hydrogen) atoms. The highest BCUT2D eigenvalue weighted by Crippen LogP contribution is 2.29. The van der Waals surface area contributed by atoms with Gasteiger partial charge in [0.25, 0.3) is 0 Å². The molecule has 0 saturated carbocycles. The van der Waals surface area contributed by atoms with Gasteiger partial charge in [-0.2, -0.15) is 0 Å². The Hall–Kier alpha value is -2.47. The standard InChI is InChI=1S/C21H23FN2O2S/c1-4-9-24-16(3)23-12-19-11-17(6-8-21(19)24)13-27(25,26)14-18-7-5-15(2)10-20(18)22/h5-8,10-12H,3-4,9,13-14H2,1-2H3. The van der Waals surface area contributed by atoms with E-state index >= 15 is 0 Å². The van der Waals surface area contributed by atoms with E-state index in [-0.39, 0.29) is 17.1 Å². The predicted molar refractivity (Wildman–Crippen MR) is 108 cm³/mol. The van der Waals surface area contributed by atoms with Crippen LogP contribution in [0.1, 0.15) is 35.6 Å². The molecule has 1 aliphatic rings. The Balaban J connectivity index is 1.82. The lowest BCUT2D eigenvalue weighted by atomic mass is 10.1. The fourth-order valence-corrected chi connectivity index (χ4v) is 4.68. The molecule has 2 aromatic rings. The number of anilines is 1. The number of hydrogen-bond donors (Lipinski definition) is 0. The first-order valence-electron chi connectivity index (χ1n) is 8.88. The van der Waals surface area contributed by atoms with Crippen LogP contribution in [0.25, 0.3) is 0 Å². The van der Waals surface area contributed by atoms with Crippen LogP contribution >= 0.6 is 0 Å². The number of benzene rings is 2. The van der Waals surface area contributed by atoms with Crippen LogP contribution in [-0.4, -0.2) is 21.2 Å². The summed E-state index contributed by atoms with van der Waals surface area (Å²) in [5.41, 5.74) is 3.47. The highest BCUT2D eigenvalue weighted by atomic mass is 32.2. The van der Waals surface area contributed by atoms with Crippen LogP contribution in [0, 0.1) is 12.7 Å². The number of hydrogen-bond acceptors (Lipinski definition) is 4. The third-order valence-corrected chi connectivity index (χ3v) is 5.99. The summed E-state index contributed by atoms with van der Waals surface area (Å²) in [4.78, 5) is 6.33. The van der Waals surface area contributed by atoms with Crippen molar-refractivity contribution in [2.75, 3.05) is 11.4 Å². The Bertz CT molecular complexity index is 1010. The number of fused-ring (bicyclic) bond motifs is 1. The molecule has 6 heteroatoms. The molecule has 0 amide bonds. The fraction of sp³-hybridized carbons (Fsp3) is 0.286. The molecule has 0 aromatic heterocycles. The molecule has 0 unspecified atom stereocenters. The molecule has 0 aliphatic carbocycles. The Morgan fingerprint density at radius 3 is 2.63 bits per heavy atom. The van der Waals surface area contributed by atoms with E-state index in [1.54, 1.807) is 25.3 Å². The van der Waals surface area contributed by atoms with Crippen molar-refractivity contribution in [1.82, 2.24) is 0 Å². The smallest absolute Gasteiger partial charge is 0.158 e. The number of rotatable bonds is 6. The van der Waals surface area contributed by atoms with Crippen molar-refractivity contribution in [1.29, 1.82) is 0 Å². The second kappa shape index (κ2) is 7.64. The van der Waals surface area contributed by atoms with Crippen LogP contribution in [-0.2, 0) is 21.3 Å². The van der Waals surface area contributed by atoms with Crippen molar-refractivity contribution >= 4 is 21.7 Å². The predicted octanol–water partition coefficient (Wildman–Crippen LogP) is 4.37. The molecule has 0 fully saturated rings. The van der Waals surface area contributed by atoms with Gasteiger partial charge in [-0.3, -0.25) is 0 Å². The third-order valence-electron chi connectivity index (χ3n) is 4.46. The van der Waals surface area contributed by atoms with Crippen LogP contribution in [0.3, 0.4) is 0 Å². The van der Waals surface area contributed by atoms with E-state index in [1.165, 1.54) is 12.1 Å². The van der Waals surface area contributed by atoms with Gasteiger partial charge in [0.15, 0.2) is 9.84 Å². The summed E-state index contributed by atoms with van der Waals surface area (Å²) in [5.74, 6) is -0.261. The van der Waals surface area contributed by atoms with Crippen molar-refractivity contribution in [3.63, 3.8) is 0 Å². The average molecular weight is 386 g/mol. The molecule has 4 nitrogen and oxygen atoms in total. The second-order valence-electron chi connectivity index (χ2n) is 6.85. The molecule has 1 aliphatic heterocycles. The van der Waals surface area contributed by atoms with Gasteiger partial charge in [0.1, 0.15) is 11.6 Å². The Kier molecular flexibility index (Phi) is 5.46. The van der Waals surface area contributed by atoms with E-state index in [1.807, 2.05) is 17.0 Å². The van der Waals surface area contributed by atoms with Crippen molar-refractivity contribution < 1.29 is 12.8 Å². The third kappa shape index (κ3) is 4.45. The minimum absolute atomic E-state index is 0.143. The van der Waals surface area contributed by atoms with E-state index in [0.29, 0.717) is 11.4 Å². The molecule has 0 bridgehead atoms. The summed E-state index contributed by atoms with van der Waals surface area (Å²) in [6.07, 6.45) is 2.66. The topological polar surface area (TPSA) is 49.7 Å². The maximum absolute atomic E-state index is 14.0. The highest BCUT2D eigenvalue weighted by molar-refractivity contribution is 7.89. The zero-order valence-corrected chi connectivity index (χ0v) is 16.4. The monoisotopic (exact) mass is 386 g/mol. The summed E-state index contributed by atoms with van der Waals surface area (Å²) in [7, 11) is -3.50. The van der Waals surface area contributed by atoms with Crippen LogP contribution in [0.15, 0.2) is 53.8 Å². The first kappa shape index (κ1) is 19.3. The summed E-state index contributed by atoms with van der Waals surface area (Å²) < 4.78 is 39.1. The number of aliphatic imine (C=N–C) groups is 1. The van der Waals surface area contributed by atoms with Crippen molar-refractivity contribution in [3.05, 3.63) is 76.9 Å². The molecule has 0 saturated heterocycles. The van der Waals surface area contributed by atoms with Crippen LogP contribution in [0.5, 0.6) is 0 Å². The Morgan fingerprint density at radius 2 is 1.93 bits per heavy atom. The fourth-order valence-electron chi connectivity index (χ4n) is 3.18. The zero-order valence-electron chi connectivity index (χ0n) is 15.6. The molecule has 1 heterocycles. The van der Waals surface area contributed by atoms with Crippen LogP contribution in [0.2, 0.25) is 0 Å². The summed E-state index contributed by atoms with van der Waals surface area (Å²) in [6.45, 7) is 8.60. The zero-order chi connectivity index (χ0) is 19.6. The van der Waals surface area contributed by atoms with Crippen molar-refractivity contribution in [3.8, 4) is 0 Å².